The van der Waals surface area contributed by atoms with E-state index in [4.69, 9.17) is 27.9 Å². The SMILES string of the molecule is COc1ccc2[nH]cc(CCN3C(=O)C(O)=C(C(=O)/C=C/c4ccccc4)[C@H]3c3ccc(Cl)cc3Cl)c2c1. The van der Waals surface area contributed by atoms with E-state index in [0.29, 0.717) is 22.0 Å². The quantitative estimate of drug-likeness (QED) is 0.241. The summed E-state index contributed by atoms with van der Waals surface area (Å²) < 4.78 is 5.36. The number of nitrogens with zero attached hydrogens (tertiary/aromatic N) is 1. The van der Waals surface area contributed by atoms with Crippen LogP contribution in [0, 0.1) is 0 Å². The average molecular weight is 547 g/mol. The van der Waals surface area contributed by atoms with Crippen molar-refractivity contribution < 1.29 is 19.4 Å². The van der Waals surface area contributed by atoms with Crippen molar-refractivity contribution in [1.82, 2.24) is 9.88 Å². The number of methoxy groups -OCH3 is 1. The zero-order valence-electron chi connectivity index (χ0n) is 20.4. The van der Waals surface area contributed by atoms with Crippen molar-refractivity contribution in [2.24, 2.45) is 0 Å². The van der Waals surface area contributed by atoms with Crippen LogP contribution >= 0.6 is 23.2 Å². The first kappa shape index (κ1) is 25.6. The smallest absolute Gasteiger partial charge is 0.290 e. The molecular formula is C30H24Cl2N2O4. The minimum absolute atomic E-state index is 0.0213. The number of H-pyrrole nitrogens is 1. The van der Waals surface area contributed by atoms with Gasteiger partial charge in [0.25, 0.3) is 5.91 Å². The minimum Gasteiger partial charge on any atom is -0.503 e. The molecule has 1 aliphatic heterocycles. The summed E-state index contributed by atoms with van der Waals surface area (Å²) >= 11 is 12.7. The number of hydrogen-bond acceptors (Lipinski definition) is 4. The zero-order chi connectivity index (χ0) is 26.8. The molecule has 0 fully saturated rings. The Morgan fingerprint density at radius 3 is 2.63 bits per heavy atom. The van der Waals surface area contributed by atoms with E-state index in [2.05, 4.69) is 4.98 Å². The molecule has 1 aromatic heterocycles. The van der Waals surface area contributed by atoms with Crippen LogP contribution in [0.2, 0.25) is 10.0 Å². The Bertz CT molecular complexity index is 1590. The minimum atomic E-state index is -0.875. The van der Waals surface area contributed by atoms with Crippen LogP contribution in [0.25, 0.3) is 17.0 Å². The van der Waals surface area contributed by atoms with Crippen molar-refractivity contribution in [2.75, 3.05) is 13.7 Å². The lowest BCUT2D eigenvalue weighted by molar-refractivity contribution is -0.129. The van der Waals surface area contributed by atoms with Crippen LogP contribution in [0.5, 0.6) is 5.75 Å². The molecule has 0 saturated carbocycles. The van der Waals surface area contributed by atoms with Gasteiger partial charge >= 0.3 is 0 Å². The third kappa shape index (κ3) is 4.93. The number of halogens is 2. The van der Waals surface area contributed by atoms with Crippen molar-refractivity contribution in [3.8, 4) is 5.75 Å². The van der Waals surface area contributed by atoms with E-state index >= 15 is 0 Å². The number of hydrogen-bond donors (Lipinski definition) is 2. The number of ketones is 1. The van der Waals surface area contributed by atoms with Gasteiger partial charge < -0.3 is 19.7 Å². The first-order chi connectivity index (χ1) is 18.4. The molecular weight excluding hydrogens is 523 g/mol. The molecule has 2 N–H and O–H groups in total. The molecule has 6 nitrogen and oxygen atoms in total. The standard InChI is InChI=1S/C30H24Cl2N2O4/c1-38-21-9-11-25-23(16-21)19(17-33-25)13-14-34-28(22-10-8-20(31)15-24(22)32)27(29(36)30(34)37)26(35)12-7-18-5-3-2-4-6-18/h2-12,15-17,28,33,36H,13-14H2,1H3/b12-7+/t28-/m1/s1. The van der Waals surface area contributed by atoms with Gasteiger partial charge in [-0.1, -0.05) is 65.7 Å². The first-order valence-electron chi connectivity index (χ1n) is 12.0. The van der Waals surface area contributed by atoms with Crippen LogP contribution < -0.4 is 4.74 Å². The van der Waals surface area contributed by atoms with Gasteiger partial charge in [0.2, 0.25) is 0 Å². The van der Waals surface area contributed by atoms with Crippen molar-refractivity contribution in [3.63, 3.8) is 0 Å². The Kier molecular flexibility index (Phi) is 7.27. The van der Waals surface area contributed by atoms with Crippen molar-refractivity contribution in [2.45, 2.75) is 12.5 Å². The molecule has 192 valence electrons. The van der Waals surface area contributed by atoms with Crippen LogP contribution in [0.15, 0.2) is 90.3 Å². The average Bonchev–Trinajstić information content (AvgIpc) is 3.44. The monoisotopic (exact) mass is 546 g/mol. The summed E-state index contributed by atoms with van der Waals surface area (Å²) in [4.78, 5) is 31.4. The number of carbonyl (C=O) groups excluding carboxylic acids is 2. The van der Waals surface area contributed by atoms with Crippen molar-refractivity contribution in [1.29, 1.82) is 0 Å². The van der Waals surface area contributed by atoms with Gasteiger partial charge in [0, 0.05) is 33.7 Å². The number of ether oxygens (including phenoxy) is 1. The molecule has 0 aliphatic carbocycles. The van der Waals surface area contributed by atoms with Crippen LogP contribution in [-0.2, 0) is 16.0 Å². The normalized spacial score (nSPS) is 15.7. The van der Waals surface area contributed by atoms with E-state index in [1.54, 1.807) is 31.4 Å². The van der Waals surface area contributed by atoms with Crippen molar-refractivity contribution in [3.05, 3.63) is 117 Å². The summed E-state index contributed by atoms with van der Waals surface area (Å²) in [6, 6.07) is 19.0. The number of rotatable bonds is 8. The summed E-state index contributed by atoms with van der Waals surface area (Å²) in [6.07, 6.45) is 5.36. The van der Waals surface area contributed by atoms with E-state index in [-0.39, 0.29) is 12.1 Å². The zero-order valence-corrected chi connectivity index (χ0v) is 22.0. The summed E-state index contributed by atoms with van der Waals surface area (Å²) in [5, 5.41) is 12.6. The van der Waals surface area contributed by atoms with Crippen molar-refractivity contribution >= 4 is 51.9 Å². The highest BCUT2D eigenvalue weighted by Crippen LogP contribution is 2.41. The van der Waals surface area contributed by atoms with Gasteiger partial charge in [-0.3, -0.25) is 9.59 Å². The Hall–Kier alpha value is -4.00. The summed E-state index contributed by atoms with van der Waals surface area (Å²) in [6.45, 7) is 0.232. The highest BCUT2D eigenvalue weighted by Gasteiger charge is 2.43. The summed E-state index contributed by atoms with van der Waals surface area (Å²) in [7, 11) is 1.61. The fourth-order valence-corrected chi connectivity index (χ4v) is 5.25. The fourth-order valence-electron chi connectivity index (χ4n) is 4.74. The molecule has 1 amide bonds. The number of fused-ring (bicyclic) bond motifs is 1. The van der Waals surface area contributed by atoms with Gasteiger partial charge in [0.05, 0.1) is 18.7 Å². The van der Waals surface area contributed by atoms with E-state index in [1.165, 1.54) is 11.0 Å². The second kappa shape index (κ2) is 10.8. The fraction of sp³-hybridized carbons (Fsp3) is 0.133. The lowest BCUT2D eigenvalue weighted by atomic mass is 9.95. The molecule has 0 unspecified atom stereocenters. The maximum Gasteiger partial charge on any atom is 0.290 e. The van der Waals surface area contributed by atoms with Gasteiger partial charge in [-0.05, 0) is 59.5 Å². The van der Waals surface area contributed by atoms with E-state index < -0.39 is 23.5 Å². The van der Waals surface area contributed by atoms with E-state index in [9.17, 15) is 14.7 Å². The molecule has 0 saturated heterocycles. The van der Waals surface area contributed by atoms with Gasteiger partial charge in [0.15, 0.2) is 11.5 Å². The lowest BCUT2D eigenvalue weighted by Gasteiger charge is -2.27. The molecule has 4 aromatic rings. The second-order valence-electron chi connectivity index (χ2n) is 8.91. The van der Waals surface area contributed by atoms with Crippen LogP contribution in [0.1, 0.15) is 22.7 Å². The molecule has 8 heteroatoms. The number of aromatic nitrogens is 1. The number of aliphatic hydroxyl groups excluding tert-OH is 1. The first-order valence-corrected chi connectivity index (χ1v) is 12.7. The molecule has 0 bridgehead atoms. The van der Waals surface area contributed by atoms with Gasteiger partial charge in [-0.2, -0.15) is 0 Å². The predicted octanol–water partition coefficient (Wildman–Crippen LogP) is 6.70. The number of benzene rings is 3. The van der Waals surface area contributed by atoms with Crippen LogP contribution in [-0.4, -0.2) is 40.3 Å². The molecule has 0 spiro atoms. The Morgan fingerprint density at radius 2 is 1.89 bits per heavy atom. The molecule has 1 aliphatic rings. The number of aromatic amines is 1. The largest absolute Gasteiger partial charge is 0.503 e. The molecule has 3 aromatic carbocycles. The van der Waals surface area contributed by atoms with E-state index in [1.807, 2.05) is 54.7 Å². The van der Waals surface area contributed by atoms with Crippen LogP contribution in [0.4, 0.5) is 0 Å². The number of nitrogens with one attached hydrogen (secondary N) is 1. The summed E-state index contributed by atoms with van der Waals surface area (Å²) in [5.74, 6) is -0.965. The van der Waals surface area contributed by atoms with Gasteiger partial charge in [-0.25, -0.2) is 0 Å². The third-order valence-corrected chi connectivity index (χ3v) is 7.21. The maximum absolute atomic E-state index is 13.4. The Morgan fingerprint density at radius 1 is 1.11 bits per heavy atom. The Balaban J connectivity index is 1.49. The van der Waals surface area contributed by atoms with E-state index in [0.717, 1.165) is 27.8 Å². The Labute approximate surface area is 229 Å². The predicted molar refractivity (Wildman–Crippen MR) is 150 cm³/mol. The number of aliphatic hydroxyl groups is 1. The lowest BCUT2D eigenvalue weighted by Crippen LogP contribution is -2.33. The van der Waals surface area contributed by atoms with Gasteiger partial charge in [-0.15, -0.1) is 0 Å². The number of allylic oxidation sites excluding steroid dienone is 1. The van der Waals surface area contributed by atoms with Gasteiger partial charge in [0.1, 0.15) is 5.75 Å². The topological polar surface area (TPSA) is 82.6 Å². The molecule has 5 rings (SSSR count). The number of amides is 1. The maximum atomic E-state index is 13.4. The molecule has 38 heavy (non-hydrogen) atoms. The molecule has 2 heterocycles. The highest BCUT2D eigenvalue weighted by molar-refractivity contribution is 6.35. The summed E-state index contributed by atoms with van der Waals surface area (Å²) in [5.41, 5.74) is 3.21. The highest BCUT2D eigenvalue weighted by atomic mass is 35.5. The second-order valence-corrected chi connectivity index (χ2v) is 9.76. The molecule has 1 atom stereocenters. The number of carbonyl (C=O) groups is 2. The third-order valence-electron chi connectivity index (χ3n) is 6.65. The van der Waals surface area contributed by atoms with Crippen LogP contribution in [0.3, 0.4) is 0 Å². The molecule has 0 radical (unpaired) electrons.